The number of nitrogens with zero attached hydrogens (tertiary/aromatic N) is 2. The Balaban J connectivity index is 1.63. The molecular formula is C21H22N4O5S. The molecule has 1 heterocycles. The molecule has 1 aliphatic carbocycles. The number of aromatic carboxylic acids is 1. The summed E-state index contributed by atoms with van der Waals surface area (Å²) in [4.78, 5) is 27.9. The molecule has 2 atom stereocenters. The molecular weight excluding hydrogens is 420 g/mol. The van der Waals surface area contributed by atoms with E-state index in [9.17, 15) is 28.4 Å². The summed E-state index contributed by atoms with van der Waals surface area (Å²) in [5, 5.41) is 21.6. The highest BCUT2D eigenvalue weighted by Gasteiger charge is 2.32. The van der Waals surface area contributed by atoms with E-state index < -0.39 is 27.8 Å². The van der Waals surface area contributed by atoms with Gasteiger partial charge in [-0.05, 0) is 37.8 Å². The standard InChI is InChI=1S/C21H22N4O5S/c1-13-18(21(27)28)10-16(11-22)19(23-13)24-17-8-7-15(9-17)20(26)25-31(29,30)12-14-5-3-2-4-6-14/h2-6,10,15,17H,7-9,12H2,1H3,(H,23,24)(H,25,26)(H,27,28). The van der Waals surface area contributed by atoms with Gasteiger partial charge in [-0.2, -0.15) is 5.26 Å². The molecule has 3 N–H and O–H groups in total. The predicted octanol–water partition coefficient (Wildman–Crippen LogP) is 2.19. The number of nitrogens with one attached hydrogen (secondary N) is 2. The minimum atomic E-state index is -3.81. The van der Waals surface area contributed by atoms with Crippen LogP contribution in [0.25, 0.3) is 0 Å². The van der Waals surface area contributed by atoms with Gasteiger partial charge in [0.15, 0.2) is 0 Å². The third-order valence-electron chi connectivity index (χ3n) is 5.16. The smallest absolute Gasteiger partial charge is 0.337 e. The number of carbonyl (C=O) groups excluding carboxylic acids is 1. The van der Waals surface area contributed by atoms with Crippen LogP contribution >= 0.6 is 0 Å². The van der Waals surface area contributed by atoms with Crippen molar-refractivity contribution in [3.8, 4) is 6.07 Å². The lowest BCUT2D eigenvalue weighted by Gasteiger charge is -2.16. The van der Waals surface area contributed by atoms with Gasteiger partial charge in [0, 0.05) is 12.0 Å². The molecule has 1 aromatic heterocycles. The van der Waals surface area contributed by atoms with Gasteiger partial charge >= 0.3 is 5.97 Å². The third kappa shape index (κ3) is 5.58. The van der Waals surface area contributed by atoms with Crippen LogP contribution in [0.3, 0.4) is 0 Å². The monoisotopic (exact) mass is 442 g/mol. The van der Waals surface area contributed by atoms with Gasteiger partial charge in [-0.1, -0.05) is 30.3 Å². The average Bonchev–Trinajstić information content (AvgIpc) is 3.16. The summed E-state index contributed by atoms with van der Waals surface area (Å²) in [5.74, 6) is -2.23. The number of carboxylic acids is 1. The second-order valence-corrected chi connectivity index (χ2v) is 9.22. The van der Waals surface area contributed by atoms with Gasteiger partial charge in [0.25, 0.3) is 0 Å². The fraction of sp³-hybridized carbons (Fsp3) is 0.333. The Hall–Kier alpha value is -3.45. The van der Waals surface area contributed by atoms with Crippen molar-refractivity contribution in [2.75, 3.05) is 5.32 Å². The summed E-state index contributed by atoms with van der Waals surface area (Å²) < 4.78 is 26.8. The number of carbonyl (C=O) groups is 2. The highest BCUT2D eigenvalue weighted by molar-refractivity contribution is 7.89. The number of sulfonamides is 1. The fourth-order valence-electron chi connectivity index (χ4n) is 3.63. The average molecular weight is 442 g/mol. The number of hydrogen-bond donors (Lipinski definition) is 3. The molecule has 2 unspecified atom stereocenters. The first-order chi connectivity index (χ1) is 14.7. The third-order valence-corrected chi connectivity index (χ3v) is 6.39. The summed E-state index contributed by atoms with van der Waals surface area (Å²) in [5.41, 5.74) is 0.910. The van der Waals surface area contributed by atoms with Crippen LogP contribution in [0.4, 0.5) is 5.82 Å². The molecule has 2 aromatic rings. The van der Waals surface area contributed by atoms with Gasteiger partial charge < -0.3 is 10.4 Å². The van der Waals surface area contributed by atoms with E-state index in [2.05, 4.69) is 15.0 Å². The van der Waals surface area contributed by atoms with E-state index in [1.54, 1.807) is 30.3 Å². The molecule has 0 bridgehead atoms. The van der Waals surface area contributed by atoms with E-state index in [0.717, 1.165) is 0 Å². The van der Waals surface area contributed by atoms with Gasteiger partial charge in [-0.3, -0.25) is 9.52 Å². The first-order valence-electron chi connectivity index (χ1n) is 9.68. The van der Waals surface area contributed by atoms with E-state index in [1.807, 2.05) is 6.07 Å². The van der Waals surface area contributed by atoms with Gasteiger partial charge in [0.05, 0.1) is 22.6 Å². The molecule has 162 valence electrons. The first-order valence-corrected chi connectivity index (χ1v) is 11.3. The molecule has 10 heteroatoms. The molecule has 1 amide bonds. The maximum atomic E-state index is 12.5. The van der Waals surface area contributed by atoms with Crippen molar-refractivity contribution in [1.82, 2.24) is 9.71 Å². The molecule has 3 rings (SSSR count). The lowest BCUT2D eigenvalue weighted by Crippen LogP contribution is -2.36. The molecule has 1 saturated carbocycles. The maximum Gasteiger partial charge on any atom is 0.337 e. The summed E-state index contributed by atoms with van der Waals surface area (Å²) >= 11 is 0. The van der Waals surface area contributed by atoms with E-state index in [0.29, 0.717) is 24.8 Å². The number of hydrogen-bond acceptors (Lipinski definition) is 7. The second kappa shape index (κ2) is 9.14. The number of anilines is 1. The van der Waals surface area contributed by atoms with Gasteiger partial charge in [-0.15, -0.1) is 0 Å². The van der Waals surface area contributed by atoms with Crippen molar-refractivity contribution in [1.29, 1.82) is 5.26 Å². The number of carboxylic acid groups (broad SMARTS) is 1. The zero-order chi connectivity index (χ0) is 22.6. The first kappa shape index (κ1) is 22.2. The zero-order valence-electron chi connectivity index (χ0n) is 16.8. The largest absolute Gasteiger partial charge is 0.478 e. The quantitative estimate of drug-likeness (QED) is 0.591. The van der Waals surface area contributed by atoms with E-state index in [4.69, 9.17) is 0 Å². The Bertz CT molecular complexity index is 1140. The van der Waals surface area contributed by atoms with Crippen LogP contribution in [0.2, 0.25) is 0 Å². The molecule has 1 fully saturated rings. The van der Waals surface area contributed by atoms with Crippen molar-refractivity contribution in [3.63, 3.8) is 0 Å². The normalized spacial score (nSPS) is 18.2. The number of nitriles is 1. The fourth-order valence-corrected chi connectivity index (χ4v) is 4.80. The topological polar surface area (TPSA) is 149 Å². The van der Waals surface area contributed by atoms with Crippen molar-refractivity contribution < 1.29 is 23.1 Å². The SMILES string of the molecule is Cc1nc(NC2CCC(C(=O)NS(=O)(=O)Cc3ccccc3)C2)c(C#N)cc1C(=O)O. The number of benzene rings is 1. The minimum absolute atomic E-state index is 0.0469. The van der Waals surface area contributed by atoms with Crippen LogP contribution in [-0.2, 0) is 20.6 Å². The van der Waals surface area contributed by atoms with Gasteiger partial charge in [0.1, 0.15) is 11.9 Å². The highest BCUT2D eigenvalue weighted by Crippen LogP contribution is 2.29. The van der Waals surface area contributed by atoms with Crippen molar-refractivity contribution in [3.05, 3.63) is 58.8 Å². The van der Waals surface area contributed by atoms with Crippen LogP contribution in [0.1, 0.15) is 46.4 Å². The van der Waals surface area contributed by atoms with Crippen LogP contribution in [0.5, 0.6) is 0 Å². The van der Waals surface area contributed by atoms with E-state index in [-0.39, 0.29) is 34.4 Å². The maximum absolute atomic E-state index is 12.5. The molecule has 0 radical (unpaired) electrons. The number of pyridine rings is 1. The molecule has 0 spiro atoms. The van der Waals surface area contributed by atoms with Crippen LogP contribution in [0.15, 0.2) is 36.4 Å². The lowest BCUT2D eigenvalue weighted by atomic mass is 10.1. The van der Waals surface area contributed by atoms with Gasteiger partial charge in [-0.25, -0.2) is 18.2 Å². The number of aryl methyl sites for hydroxylation is 1. The molecule has 31 heavy (non-hydrogen) atoms. The number of rotatable bonds is 7. The molecule has 1 aromatic carbocycles. The van der Waals surface area contributed by atoms with Crippen molar-refractivity contribution in [2.24, 2.45) is 5.92 Å². The predicted molar refractivity (Wildman–Crippen MR) is 113 cm³/mol. The van der Waals surface area contributed by atoms with E-state index >= 15 is 0 Å². The molecule has 9 nitrogen and oxygen atoms in total. The molecule has 0 aliphatic heterocycles. The highest BCUT2D eigenvalue weighted by atomic mass is 32.2. The van der Waals surface area contributed by atoms with Crippen LogP contribution in [0, 0.1) is 24.2 Å². The molecule has 0 saturated heterocycles. The number of aromatic nitrogens is 1. The Morgan fingerprint density at radius 2 is 1.97 bits per heavy atom. The number of amides is 1. The summed E-state index contributed by atoms with van der Waals surface area (Å²) in [6.45, 7) is 1.54. The second-order valence-electron chi connectivity index (χ2n) is 7.50. The summed E-state index contributed by atoms with van der Waals surface area (Å²) in [6, 6.07) is 11.6. The van der Waals surface area contributed by atoms with Gasteiger partial charge in [0.2, 0.25) is 15.9 Å². The Morgan fingerprint density at radius 3 is 2.61 bits per heavy atom. The Morgan fingerprint density at radius 1 is 1.26 bits per heavy atom. The van der Waals surface area contributed by atoms with E-state index in [1.165, 1.54) is 13.0 Å². The lowest BCUT2D eigenvalue weighted by molar-refractivity contribution is -0.123. The summed E-state index contributed by atoms with van der Waals surface area (Å²) in [6.07, 6.45) is 1.44. The van der Waals surface area contributed by atoms with Crippen molar-refractivity contribution >= 4 is 27.7 Å². The Kier molecular flexibility index (Phi) is 6.56. The summed E-state index contributed by atoms with van der Waals surface area (Å²) in [7, 11) is -3.81. The van der Waals surface area contributed by atoms with Crippen LogP contribution in [-0.4, -0.2) is 36.4 Å². The minimum Gasteiger partial charge on any atom is -0.478 e. The Labute approximate surface area is 180 Å². The zero-order valence-corrected chi connectivity index (χ0v) is 17.6. The van der Waals surface area contributed by atoms with Crippen molar-refractivity contribution in [2.45, 2.75) is 38.0 Å². The van der Waals surface area contributed by atoms with Crippen LogP contribution < -0.4 is 10.0 Å². The molecule has 1 aliphatic rings.